The molecule has 0 bridgehead atoms. The molecule has 0 radical (unpaired) electrons. The van der Waals surface area contributed by atoms with Crippen molar-refractivity contribution in [2.75, 3.05) is 5.32 Å². The second-order valence-electron chi connectivity index (χ2n) is 4.23. The van der Waals surface area contributed by atoms with Gasteiger partial charge in [0, 0.05) is 6.04 Å². The lowest BCUT2D eigenvalue weighted by atomic mass is 10.3. The highest BCUT2D eigenvalue weighted by Crippen LogP contribution is 2.30. The van der Waals surface area contributed by atoms with E-state index >= 15 is 0 Å². The fraction of sp³-hybridized carbons (Fsp3) is 0.417. The van der Waals surface area contributed by atoms with Crippen LogP contribution in [0.2, 0.25) is 0 Å². The number of nitrogens with zero attached hydrogens (tertiary/aromatic N) is 1. The van der Waals surface area contributed by atoms with E-state index in [1.165, 1.54) is 43.1 Å². The molecule has 1 aromatic heterocycles. The van der Waals surface area contributed by atoms with Gasteiger partial charge in [-0.3, -0.25) is 0 Å². The molecule has 1 N–H and O–H groups in total. The molecule has 2 aromatic rings. The predicted octanol–water partition coefficient (Wildman–Crippen LogP) is 3.79. The number of hydrogen-bond donors (Lipinski definition) is 1. The van der Waals surface area contributed by atoms with Crippen molar-refractivity contribution < 1.29 is 4.39 Å². The summed E-state index contributed by atoms with van der Waals surface area (Å²) in [7, 11) is 0. The number of hydrogen-bond acceptors (Lipinski definition) is 3. The summed E-state index contributed by atoms with van der Waals surface area (Å²) < 4.78 is 14.3. The highest BCUT2D eigenvalue weighted by molar-refractivity contribution is 7.22. The molecule has 1 saturated carbocycles. The summed E-state index contributed by atoms with van der Waals surface area (Å²) in [5.41, 5.74) is 0.494. The molecule has 1 aliphatic rings. The number of aromatic nitrogens is 1. The van der Waals surface area contributed by atoms with Gasteiger partial charge < -0.3 is 5.32 Å². The van der Waals surface area contributed by atoms with E-state index < -0.39 is 0 Å². The molecule has 2 nitrogen and oxygen atoms in total. The van der Waals surface area contributed by atoms with Crippen molar-refractivity contribution in [3.05, 3.63) is 24.0 Å². The summed E-state index contributed by atoms with van der Waals surface area (Å²) >= 11 is 1.54. The van der Waals surface area contributed by atoms with E-state index in [4.69, 9.17) is 0 Å². The van der Waals surface area contributed by atoms with Crippen LogP contribution in [-0.2, 0) is 0 Å². The van der Waals surface area contributed by atoms with Crippen molar-refractivity contribution in [1.82, 2.24) is 4.98 Å². The van der Waals surface area contributed by atoms with Crippen LogP contribution in [0.4, 0.5) is 9.52 Å². The third-order valence-electron chi connectivity index (χ3n) is 3.05. The van der Waals surface area contributed by atoms with Gasteiger partial charge in [0.2, 0.25) is 0 Å². The molecule has 0 saturated heterocycles. The average Bonchev–Trinajstić information content (AvgIpc) is 2.88. The Labute approximate surface area is 97.5 Å². The standard InChI is InChI=1S/C12H13FN2S/c13-9-6-3-7-10-11(9)15-12(16-10)14-8-4-1-2-5-8/h3,6-8H,1-2,4-5H2,(H,14,15). The number of rotatable bonds is 2. The Balaban J connectivity index is 1.90. The number of thiazole rings is 1. The molecule has 1 aliphatic carbocycles. The van der Waals surface area contributed by atoms with E-state index in [0.29, 0.717) is 11.6 Å². The molecule has 16 heavy (non-hydrogen) atoms. The third kappa shape index (κ3) is 1.78. The summed E-state index contributed by atoms with van der Waals surface area (Å²) in [4.78, 5) is 4.31. The Morgan fingerprint density at radius 3 is 2.88 bits per heavy atom. The van der Waals surface area contributed by atoms with Crippen molar-refractivity contribution in [3.8, 4) is 0 Å². The Kier molecular flexibility index (Phi) is 2.52. The lowest BCUT2D eigenvalue weighted by Crippen LogP contribution is -2.13. The molecule has 0 spiro atoms. The number of halogens is 1. The topological polar surface area (TPSA) is 24.9 Å². The molecule has 1 aromatic carbocycles. The van der Waals surface area contributed by atoms with Crippen molar-refractivity contribution in [2.24, 2.45) is 0 Å². The molecule has 84 valence electrons. The van der Waals surface area contributed by atoms with Gasteiger partial charge in [-0.1, -0.05) is 30.2 Å². The summed E-state index contributed by atoms with van der Waals surface area (Å²) in [6, 6.07) is 5.63. The fourth-order valence-corrected chi connectivity index (χ4v) is 3.18. The molecule has 0 amide bonds. The van der Waals surface area contributed by atoms with Gasteiger partial charge in [0.25, 0.3) is 0 Å². The van der Waals surface area contributed by atoms with Crippen LogP contribution in [0.3, 0.4) is 0 Å². The molecule has 3 rings (SSSR count). The van der Waals surface area contributed by atoms with E-state index in [-0.39, 0.29) is 5.82 Å². The van der Waals surface area contributed by atoms with Crippen LogP contribution in [0, 0.1) is 5.82 Å². The van der Waals surface area contributed by atoms with Crippen molar-refractivity contribution in [2.45, 2.75) is 31.7 Å². The van der Waals surface area contributed by atoms with E-state index in [0.717, 1.165) is 9.83 Å². The first-order valence-electron chi connectivity index (χ1n) is 5.64. The number of anilines is 1. The summed E-state index contributed by atoms with van der Waals surface area (Å²) in [6.45, 7) is 0. The molecule has 0 aliphatic heterocycles. The smallest absolute Gasteiger partial charge is 0.184 e. The van der Waals surface area contributed by atoms with E-state index in [9.17, 15) is 4.39 Å². The lowest BCUT2D eigenvalue weighted by molar-refractivity contribution is 0.637. The molecular weight excluding hydrogens is 223 g/mol. The first-order chi connectivity index (χ1) is 7.83. The van der Waals surface area contributed by atoms with Crippen molar-refractivity contribution in [1.29, 1.82) is 0 Å². The van der Waals surface area contributed by atoms with Crippen molar-refractivity contribution >= 4 is 26.7 Å². The summed E-state index contributed by atoms with van der Waals surface area (Å²) in [6.07, 6.45) is 4.99. The zero-order chi connectivity index (χ0) is 11.0. The van der Waals surface area contributed by atoms with Crippen LogP contribution in [0.1, 0.15) is 25.7 Å². The van der Waals surface area contributed by atoms with Crippen LogP contribution >= 0.6 is 11.3 Å². The van der Waals surface area contributed by atoms with Gasteiger partial charge in [0.15, 0.2) is 5.13 Å². The van der Waals surface area contributed by atoms with Gasteiger partial charge in [0.05, 0.1) is 4.70 Å². The highest BCUT2D eigenvalue weighted by atomic mass is 32.1. The maximum atomic E-state index is 13.4. The summed E-state index contributed by atoms with van der Waals surface area (Å²) in [5, 5.41) is 4.25. The van der Waals surface area contributed by atoms with E-state index in [2.05, 4.69) is 10.3 Å². The lowest BCUT2D eigenvalue weighted by Gasteiger charge is -2.09. The zero-order valence-corrected chi connectivity index (χ0v) is 9.69. The van der Waals surface area contributed by atoms with Crippen molar-refractivity contribution in [3.63, 3.8) is 0 Å². The summed E-state index contributed by atoms with van der Waals surface area (Å²) in [5.74, 6) is -0.228. The zero-order valence-electron chi connectivity index (χ0n) is 8.87. The van der Waals surface area contributed by atoms with Gasteiger partial charge in [-0.2, -0.15) is 0 Å². The molecule has 0 atom stereocenters. The van der Waals surface area contributed by atoms with Crippen LogP contribution < -0.4 is 5.32 Å². The molecule has 4 heteroatoms. The first-order valence-corrected chi connectivity index (χ1v) is 6.46. The second-order valence-corrected chi connectivity index (χ2v) is 5.26. The minimum Gasteiger partial charge on any atom is -0.359 e. The number of para-hydroxylation sites is 1. The Morgan fingerprint density at radius 2 is 2.12 bits per heavy atom. The molecule has 1 heterocycles. The third-order valence-corrected chi connectivity index (χ3v) is 4.00. The van der Waals surface area contributed by atoms with Gasteiger partial charge in [-0.05, 0) is 25.0 Å². The largest absolute Gasteiger partial charge is 0.359 e. The van der Waals surface area contributed by atoms with Crippen LogP contribution in [-0.4, -0.2) is 11.0 Å². The molecule has 1 fully saturated rings. The quantitative estimate of drug-likeness (QED) is 0.858. The Morgan fingerprint density at radius 1 is 1.31 bits per heavy atom. The number of benzene rings is 1. The van der Waals surface area contributed by atoms with Crippen LogP contribution in [0.15, 0.2) is 18.2 Å². The predicted molar refractivity (Wildman–Crippen MR) is 65.5 cm³/mol. The highest BCUT2D eigenvalue weighted by Gasteiger charge is 2.16. The molecular formula is C12H13FN2S. The van der Waals surface area contributed by atoms with Gasteiger partial charge in [0.1, 0.15) is 11.3 Å². The van der Waals surface area contributed by atoms with Gasteiger partial charge in [-0.25, -0.2) is 9.37 Å². The number of fused-ring (bicyclic) bond motifs is 1. The first kappa shape index (κ1) is 10.0. The van der Waals surface area contributed by atoms with Gasteiger partial charge in [-0.15, -0.1) is 0 Å². The van der Waals surface area contributed by atoms with E-state index in [1.807, 2.05) is 6.07 Å². The Hall–Kier alpha value is -1.16. The fourth-order valence-electron chi connectivity index (χ4n) is 2.22. The monoisotopic (exact) mass is 236 g/mol. The maximum absolute atomic E-state index is 13.4. The van der Waals surface area contributed by atoms with Gasteiger partial charge >= 0.3 is 0 Å². The minimum atomic E-state index is -0.228. The SMILES string of the molecule is Fc1cccc2sc(NC3CCCC3)nc12. The maximum Gasteiger partial charge on any atom is 0.184 e. The number of nitrogens with one attached hydrogen (secondary N) is 1. The van der Waals surface area contributed by atoms with Crippen LogP contribution in [0.25, 0.3) is 10.2 Å². The molecule has 0 unspecified atom stereocenters. The Bertz CT molecular complexity index is 503. The second kappa shape index (κ2) is 4.01. The normalized spacial score (nSPS) is 17.1. The van der Waals surface area contributed by atoms with Crippen LogP contribution in [0.5, 0.6) is 0 Å². The van der Waals surface area contributed by atoms with E-state index in [1.54, 1.807) is 6.07 Å². The minimum absolute atomic E-state index is 0.228. The average molecular weight is 236 g/mol.